The fourth-order valence-electron chi connectivity index (χ4n) is 1.20. The van der Waals surface area contributed by atoms with Crippen LogP contribution in [0.4, 0.5) is 0 Å². The van der Waals surface area contributed by atoms with E-state index in [1.807, 2.05) is 24.3 Å². The average molecular weight is 287 g/mol. The summed E-state index contributed by atoms with van der Waals surface area (Å²) in [6.45, 7) is 7.05. The molecule has 0 aliphatic rings. The van der Waals surface area contributed by atoms with Crippen molar-refractivity contribution in [2.75, 3.05) is 6.61 Å². The molecule has 0 saturated carbocycles. The van der Waals surface area contributed by atoms with Gasteiger partial charge in [-0.1, -0.05) is 36.7 Å². The van der Waals surface area contributed by atoms with Gasteiger partial charge in [0.25, 0.3) is 0 Å². The van der Waals surface area contributed by atoms with Gasteiger partial charge in [0.2, 0.25) is 0 Å². The Bertz CT molecular complexity index is 295. The van der Waals surface area contributed by atoms with Crippen LogP contribution in [-0.4, -0.2) is 12.9 Å². The van der Waals surface area contributed by atoms with E-state index in [4.69, 9.17) is 9.47 Å². The molecule has 0 radical (unpaired) electrons. The van der Waals surface area contributed by atoms with Crippen molar-refractivity contribution in [1.29, 1.82) is 0 Å². The maximum absolute atomic E-state index is 5.73. The van der Waals surface area contributed by atoms with Gasteiger partial charge in [0, 0.05) is 10.9 Å². The number of benzene rings is 1. The van der Waals surface area contributed by atoms with Crippen LogP contribution in [0.2, 0.25) is 0 Å². The van der Waals surface area contributed by atoms with Gasteiger partial charge in [0.05, 0.1) is 6.61 Å². The second kappa shape index (κ2) is 6.92. The summed E-state index contributed by atoms with van der Waals surface area (Å²) in [4.78, 5) is 0. The van der Waals surface area contributed by atoms with Gasteiger partial charge in [-0.15, -0.1) is 0 Å². The molecule has 3 heteroatoms. The molecule has 1 aromatic carbocycles. The van der Waals surface area contributed by atoms with Crippen molar-refractivity contribution in [3.63, 3.8) is 0 Å². The lowest BCUT2D eigenvalue weighted by Crippen LogP contribution is -2.21. The Balaban J connectivity index is 2.46. The summed E-state index contributed by atoms with van der Waals surface area (Å²) in [5.41, 5.74) is 0. The van der Waals surface area contributed by atoms with Gasteiger partial charge in [-0.05, 0) is 30.2 Å². The molecule has 0 heterocycles. The highest BCUT2D eigenvalue weighted by Gasteiger charge is 2.08. The molecule has 0 saturated heterocycles. The molecule has 0 N–H and O–H groups in total. The summed E-state index contributed by atoms with van der Waals surface area (Å²) in [6, 6.07) is 7.80. The number of hydrogen-bond donors (Lipinski definition) is 0. The first kappa shape index (κ1) is 13.5. The van der Waals surface area contributed by atoms with Gasteiger partial charge in [-0.25, -0.2) is 0 Å². The molecule has 0 bridgehead atoms. The maximum Gasteiger partial charge on any atom is 0.199 e. The van der Waals surface area contributed by atoms with E-state index in [-0.39, 0.29) is 6.29 Å². The second-order valence-corrected chi connectivity index (χ2v) is 5.05. The standard InChI is InChI=1S/C13H19BrO2/c1-4-13(15-9-10(2)3)16-12-7-5-11(14)6-8-12/h5-8,10,13H,4,9H2,1-3H3. The lowest BCUT2D eigenvalue weighted by atomic mass is 10.2. The zero-order valence-corrected chi connectivity index (χ0v) is 11.7. The van der Waals surface area contributed by atoms with Gasteiger partial charge in [0.1, 0.15) is 5.75 Å². The first-order chi connectivity index (χ1) is 7.61. The first-order valence-electron chi connectivity index (χ1n) is 5.65. The molecule has 1 rings (SSSR count). The molecule has 90 valence electrons. The molecule has 0 fully saturated rings. The van der Waals surface area contributed by atoms with Crippen LogP contribution in [0.3, 0.4) is 0 Å². The molecule has 0 spiro atoms. The molecule has 0 aliphatic heterocycles. The third kappa shape index (κ3) is 4.99. The molecule has 2 nitrogen and oxygen atoms in total. The molecule has 0 aromatic heterocycles. The third-order valence-electron chi connectivity index (χ3n) is 2.03. The van der Waals surface area contributed by atoms with Crippen LogP contribution < -0.4 is 4.74 Å². The Morgan fingerprint density at radius 3 is 2.31 bits per heavy atom. The van der Waals surface area contributed by atoms with Gasteiger partial charge >= 0.3 is 0 Å². The van der Waals surface area contributed by atoms with Crippen molar-refractivity contribution >= 4 is 15.9 Å². The second-order valence-electron chi connectivity index (χ2n) is 4.14. The van der Waals surface area contributed by atoms with Crippen molar-refractivity contribution in [2.45, 2.75) is 33.5 Å². The minimum atomic E-state index is -0.149. The summed E-state index contributed by atoms with van der Waals surface area (Å²) in [6.07, 6.45) is 0.701. The highest BCUT2D eigenvalue weighted by atomic mass is 79.9. The zero-order valence-electron chi connectivity index (χ0n) is 10.1. The van der Waals surface area contributed by atoms with Crippen LogP contribution in [-0.2, 0) is 4.74 Å². The number of rotatable bonds is 6. The Kier molecular flexibility index (Phi) is 5.85. The number of halogens is 1. The Morgan fingerprint density at radius 2 is 1.81 bits per heavy atom. The fourth-order valence-corrected chi connectivity index (χ4v) is 1.46. The molecule has 16 heavy (non-hydrogen) atoms. The first-order valence-corrected chi connectivity index (χ1v) is 6.45. The van der Waals surface area contributed by atoms with E-state index < -0.39 is 0 Å². The van der Waals surface area contributed by atoms with Crippen molar-refractivity contribution in [3.8, 4) is 5.75 Å². The molecular weight excluding hydrogens is 268 g/mol. The quantitative estimate of drug-likeness (QED) is 0.729. The van der Waals surface area contributed by atoms with Gasteiger partial charge in [-0.2, -0.15) is 0 Å². The molecule has 1 atom stereocenters. The predicted octanol–water partition coefficient (Wildman–Crippen LogP) is 4.24. The lowest BCUT2D eigenvalue weighted by Gasteiger charge is -2.19. The van der Waals surface area contributed by atoms with Crippen molar-refractivity contribution < 1.29 is 9.47 Å². The molecule has 1 unspecified atom stereocenters. The van der Waals surface area contributed by atoms with Crippen LogP contribution in [0.5, 0.6) is 5.75 Å². The molecule has 0 amide bonds. The highest BCUT2D eigenvalue weighted by molar-refractivity contribution is 9.10. The maximum atomic E-state index is 5.73. The largest absolute Gasteiger partial charge is 0.465 e. The molecule has 1 aromatic rings. The Labute approximate surface area is 106 Å². The normalized spacial score (nSPS) is 12.8. The minimum Gasteiger partial charge on any atom is -0.465 e. The monoisotopic (exact) mass is 286 g/mol. The van der Waals surface area contributed by atoms with Gasteiger partial charge < -0.3 is 9.47 Å². The summed E-state index contributed by atoms with van der Waals surface area (Å²) < 4.78 is 12.4. The van der Waals surface area contributed by atoms with Gasteiger partial charge in [-0.3, -0.25) is 0 Å². The predicted molar refractivity (Wildman–Crippen MR) is 69.6 cm³/mol. The van der Waals surface area contributed by atoms with E-state index >= 15 is 0 Å². The third-order valence-corrected chi connectivity index (χ3v) is 2.56. The van der Waals surface area contributed by atoms with Crippen molar-refractivity contribution in [3.05, 3.63) is 28.7 Å². The average Bonchev–Trinajstić information content (AvgIpc) is 2.26. The van der Waals surface area contributed by atoms with Gasteiger partial charge in [0.15, 0.2) is 6.29 Å². The molecular formula is C13H19BrO2. The SMILES string of the molecule is CCC(OCC(C)C)Oc1ccc(Br)cc1. The van der Waals surface area contributed by atoms with E-state index in [1.165, 1.54) is 0 Å². The van der Waals surface area contributed by atoms with Crippen LogP contribution in [0.15, 0.2) is 28.7 Å². The zero-order chi connectivity index (χ0) is 12.0. The van der Waals surface area contributed by atoms with E-state index in [2.05, 4.69) is 36.7 Å². The van der Waals surface area contributed by atoms with E-state index in [9.17, 15) is 0 Å². The van der Waals surface area contributed by atoms with Crippen LogP contribution in [0.25, 0.3) is 0 Å². The van der Waals surface area contributed by atoms with E-state index in [1.54, 1.807) is 0 Å². The van der Waals surface area contributed by atoms with E-state index in [0.29, 0.717) is 5.92 Å². The minimum absolute atomic E-state index is 0.149. The van der Waals surface area contributed by atoms with E-state index in [0.717, 1.165) is 23.2 Å². The van der Waals surface area contributed by atoms with Crippen LogP contribution in [0.1, 0.15) is 27.2 Å². The summed E-state index contributed by atoms with van der Waals surface area (Å²) in [7, 11) is 0. The number of ether oxygens (including phenoxy) is 2. The van der Waals surface area contributed by atoms with Crippen LogP contribution in [0, 0.1) is 5.92 Å². The fraction of sp³-hybridized carbons (Fsp3) is 0.538. The highest BCUT2D eigenvalue weighted by Crippen LogP contribution is 2.18. The molecule has 0 aliphatic carbocycles. The topological polar surface area (TPSA) is 18.5 Å². The smallest absolute Gasteiger partial charge is 0.199 e. The Morgan fingerprint density at radius 1 is 1.19 bits per heavy atom. The summed E-state index contributed by atoms with van der Waals surface area (Å²) in [5.74, 6) is 1.38. The summed E-state index contributed by atoms with van der Waals surface area (Å²) >= 11 is 3.39. The number of hydrogen-bond acceptors (Lipinski definition) is 2. The Hall–Kier alpha value is -0.540. The van der Waals surface area contributed by atoms with Crippen LogP contribution >= 0.6 is 15.9 Å². The lowest BCUT2D eigenvalue weighted by molar-refractivity contribution is -0.0899. The van der Waals surface area contributed by atoms with Crippen molar-refractivity contribution in [2.24, 2.45) is 5.92 Å². The summed E-state index contributed by atoms with van der Waals surface area (Å²) in [5, 5.41) is 0. The van der Waals surface area contributed by atoms with Crippen molar-refractivity contribution in [1.82, 2.24) is 0 Å².